The van der Waals surface area contributed by atoms with Gasteiger partial charge in [-0.25, -0.2) is 9.97 Å². The zero-order valence-corrected chi connectivity index (χ0v) is 14.9. The molecule has 0 bridgehead atoms. The Morgan fingerprint density at radius 2 is 2.22 bits per heavy atom. The fraction of sp³-hybridized carbons (Fsp3) is 0.375. The van der Waals surface area contributed by atoms with Crippen molar-refractivity contribution in [2.24, 2.45) is 0 Å². The van der Waals surface area contributed by atoms with Crippen molar-refractivity contribution in [2.75, 3.05) is 11.1 Å². The lowest BCUT2D eigenvalue weighted by atomic mass is 10.1. The predicted octanol–water partition coefficient (Wildman–Crippen LogP) is 3.96. The number of aryl methyl sites for hydroxylation is 1. The Labute approximate surface area is 144 Å². The van der Waals surface area contributed by atoms with Crippen LogP contribution in [0.3, 0.4) is 0 Å². The van der Waals surface area contributed by atoms with Crippen LogP contribution in [0.15, 0.2) is 22.5 Å². The van der Waals surface area contributed by atoms with Gasteiger partial charge in [-0.3, -0.25) is 4.79 Å². The molecule has 23 heavy (non-hydrogen) atoms. The van der Waals surface area contributed by atoms with Crippen LogP contribution >= 0.6 is 23.1 Å². The third-order valence-electron chi connectivity index (χ3n) is 3.03. The maximum atomic E-state index is 11.9. The van der Waals surface area contributed by atoms with Gasteiger partial charge in [-0.1, -0.05) is 13.8 Å². The van der Waals surface area contributed by atoms with Crippen LogP contribution < -0.4 is 5.32 Å². The number of nitrogens with one attached hydrogen (secondary N) is 1. The first-order chi connectivity index (χ1) is 11.0. The summed E-state index contributed by atoms with van der Waals surface area (Å²) in [6.45, 7) is 6.01. The van der Waals surface area contributed by atoms with Crippen molar-refractivity contribution in [3.63, 3.8) is 0 Å². The molecule has 2 aromatic heterocycles. The summed E-state index contributed by atoms with van der Waals surface area (Å²) in [4.78, 5) is 20.6. The molecular weight excluding hydrogens is 328 g/mol. The number of thiazole rings is 1. The smallest absolute Gasteiger partial charge is 0.226 e. The molecular formula is C16H18N4OS2. The normalized spacial score (nSPS) is 10.6. The van der Waals surface area contributed by atoms with Crippen molar-refractivity contribution in [1.82, 2.24) is 9.97 Å². The Bertz CT molecular complexity index is 734. The molecule has 7 heteroatoms. The number of aromatic nitrogens is 2. The molecule has 0 saturated carbocycles. The molecule has 0 fully saturated rings. The van der Waals surface area contributed by atoms with Crippen LogP contribution in [0.5, 0.6) is 0 Å². The highest BCUT2D eigenvalue weighted by atomic mass is 32.2. The number of anilines is 1. The minimum Gasteiger partial charge on any atom is -0.302 e. The molecule has 5 nitrogen and oxygen atoms in total. The Morgan fingerprint density at radius 3 is 2.83 bits per heavy atom. The van der Waals surface area contributed by atoms with E-state index in [0.717, 1.165) is 11.4 Å². The van der Waals surface area contributed by atoms with E-state index in [-0.39, 0.29) is 5.91 Å². The number of thioether (sulfide) groups is 1. The zero-order valence-electron chi connectivity index (χ0n) is 13.3. The summed E-state index contributed by atoms with van der Waals surface area (Å²) < 4.78 is 0. The number of nitriles is 1. The minimum absolute atomic E-state index is 0.0784. The van der Waals surface area contributed by atoms with E-state index in [0.29, 0.717) is 33.8 Å². The van der Waals surface area contributed by atoms with Gasteiger partial charge in [-0.15, -0.1) is 23.1 Å². The molecule has 120 valence electrons. The fourth-order valence-corrected chi connectivity index (χ4v) is 3.43. The highest BCUT2D eigenvalue weighted by Gasteiger charge is 2.10. The molecule has 1 N–H and O–H groups in total. The van der Waals surface area contributed by atoms with Gasteiger partial charge in [-0.05, 0) is 25.0 Å². The van der Waals surface area contributed by atoms with Crippen LogP contribution in [-0.4, -0.2) is 21.6 Å². The molecule has 0 atom stereocenters. The first-order valence-corrected chi connectivity index (χ1v) is 9.12. The topological polar surface area (TPSA) is 78.7 Å². The van der Waals surface area contributed by atoms with Crippen LogP contribution in [0, 0.1) is 18.3 Å². The van der Waals surface area contributed by atoms with Gasteiger partial charge < -0.3 is 5.32 Å². The summed E-state index contributed by atoms with van der Waals surface area (Å²) in [6, 6.07) is 5.82. The van der Waals surface area contributed by atoms with Gasteiger partial charge in [-0.2, -0.15) is 5.26 Å². The van der Waals surface area contributed by atoms with Crippen LogP contribution in [-0.2, 0) is 4.79 Å². The first kappa shape index (κ1) is 17.4. The van der Waals surface area contributed by atoms with Gasteiger partial charge in [0, 0.05) is 23.2 Å². The highest BCUT2D eigenvalue weighted by molar-refractivity contribution is 7.99. The number of carbonyl (C=O) groups excluding carboxylic acids is 1. The standard InChI is InChI=1S/C16H18N4OS2/c1-10(2)13-5-4-12(8-17)15(19-13)22-7-6-14(21)20-16-18-11(3)9-23-16/h4-5,9-10H,6-7H2,1-3H3,(H,18,20,21). The third kappa shape index (κ3) is 5.05. The lowest BCUT2D eigenvalue weighted by Gasteiger charge is -2.08. The molecule has 0 aliphatic heterocycles. The van der Waals surface area contributed by atoms with Crippen LogP contribution in [0.2, 0.25) is 0 Å². The summed E-state index contributed by atoms with van der Waals surface area (Å²) in [5, 5.41) is 15.1. The molecule has 0 radical (unpaired) electrons. The van der Waals surface area contributed by atoms with Crippen molar-refractivity contribution in [2.45, 2.75) is 38.1 Å². The van der Waals surface area contributed by atoms with Crippen LogP contribution in [0.1, 0.15) is 43.1 Å². The summed E-state index contributed by atoms with van der Waals surface area (Å²) in [5.74, 6) is 0.795. The van der Waals surface area contributed by atoms with E-state index in [1.165, 1.54) is 23.1 Å². The van der Waals surface area contributed by atoms with Crippen LogP contribution in [0.25, 0.3) is 0 Å². The van der Waals surface area contributed by atoms with Gasteiger partial charge in [0.15, 0.2) is 5.13 Å². The molecule has 2 heterocycles. The highest BCUT2D eigenvalue weighted by Crippen LogP contribution is 2.24. The van der Waals surface area contributed by atoms with E-state index < -0.39 is 0 Å². The Balaban J connectivity index is 1.91. The monoisotopic (exact) mass is 346 g/mol. The third-order valence-corrected chi connectivity index (χ3v) is 4.90. The lowest BCUT2D eigenvalue weighted by molar-refractivity contribution is -0.115. The molecule has 0 spiro atoms. The number of pyridine rings is 1. The number of nitrogens with zero attached hydrogens (tertiary/aromatic N) is 3. The number of carbonyl (C=O) groups is 1. The average molecular weight is 346 g/mol. The Kier molecular flexibility index (Phi) is 6.13. The van der Waals surface area contributed by atoms with E-state index in [9.17, 15) is 4.79 Å². The fourth-order valence-electron chi connectivity index (χ4n) is 1.80. The quantitative estimate of drug-likeness (QED) is 0.801. The predicted molar refractivity (Wildman–Crippen MR) is 93.9 cm³/mol. The molecule has 0 aliphatic carbocycles. The Hall–Kier alpha value is -1.91. The van der Waals surface area contributed by atoms with Crippen molar-refractivity contribution in [1.29, 1.82) is 5.26 Å². The number of rotatable bonds is 6. The maximum absolute atomic E-state index is 11.9. The molecule has 2 rings (SSSR count). The van der Waals surface area contributed by atoms with Crippen molar-refractivity contribution in [3.8, 4) is 6.07 Å². The van der Waals surface area contributed by atoms with E-state index in [4.69, 9.17) is 5.26 Å². The summed E-state index contributed by atoms with van der Waals surface area (Å²) in [7, 11) is 0. The second-order valence-corrected chi connectivity index (χ2v) is 7.24. The molecule has 1 amide bonds. The number of hydrogen-bond donors (Lipinski definition) is 1. The van der Waals surface area contributed by atoms with Gasteiger partial charge in [0.2, 0.25) is 5.91 Å². The van der Waals surface area contributed by atoms with E-state index >= 15 is 0 Å². The van der Waals surface area contributed by atoms with Crippen molar-refractivity contribution in [3.05, 3.63) is 34.5 Å². The summed E-state index contributed by atoms with van der Waals surface area (Å²) >= 11 is 2.85. The summed E-state index contributed by atoms with van der Waals surface area (Å²) in [6.07, 6.45) is 0.349. The SMILES string of the molecule is Cc1csc(NC(=O)CCSc2nc(C(C)C)ccc2C#N)n1. The Morgan fingerprint density at radius 1 is 1.43 bits per heavy atom. The van der Waals surface area contributed by atoms with Gasteiger partial charge in [0.05, 0.1) is 11.3 Å². The van der Waals surface area contributed by atoms with Crippen LogP contribution in [0.4, 0.5) is 5.13 Å². The average Bonchev–Trinajstić information content (AvgIpc) is 2.92. The molecule has 0 unspecified atom stereocenters. The van der Waals surface area contributed by atoms with E-state index in [2.05, 4.69) is 35.2 Å². The largest absolute Gasteiger partial charge is 0.302 e. The molecule has 0 saturated heterocycles. The number of amides is 1. The van der Waals surface area contributed by atoms with E-state index in [1.807, 2.05) is 18.4 Å². The van der Waals surface area contributed by atoms with Gasteiger partial charge in [0.25, 0.3) is 0 Å². The second-order valence-electron chi connectivity index (χ2n) is 5.30. The van der Waals surface area contributed by atoms with Gasteiger partial charge in [0.1, 0.15) is 11.1 Å². The zero-order chi connectivity index (χ0) is 16.8. The van der Waals surface area contributed by atoms with Crippen molar-refractivity contribution >= 4 is 34.1 Å². The van der Waals surface area contributed by atoms with Gasteiger partial charge >= 0.3 is 0 Å². The van der Waals surface area contributed by atoms with E-state index in [1.54, 1.807) is 6.07 Å². The molecule has 0 aromatic carbocycles. The van der Waals surface area contributed by atoms with Crippen molar-refractivity contribution < 1.29 is 4.79 Å². The lowest BCUT2D eigenvalue weighted by Crippen LogP contribution is -2.12. The molecule has 0 aliphatic rings. The molecule has 2 aromatic rings. The minimum atomic E-state index is -0.0784. The number of hydrogen-bond acceptors (Lipinski definition) is 6. The first-order valence-electron chi connectivity index (χ1n) is 7.25. The maximum Gasteiger partial charge on any atom is 0.226 e. The second kappa shape index (κ2) is 8.09. The summed E-state index contributed by atoms with van der Waals surface area (Å²) in [5.41, 5.74) is 2.40.